The second-order valence-corrected chi connectivity index (χ2v) is 8.74. The van der Waals surface area contributed by atoms with Crippen molar-refractivity contribution in [3.63, 3.8) is 0 Å². The Bertz CT molecular complexity index is 1030. The summed E-state index contributed by atoms with van der Waals surface area (Å²) in [4.78, 5) is 41.4. The molecule has 1 fully saturated rings. The van der Waals surface area contributed by atoms with E-state index in [9.17, 15) is 19.7 Å². The monoisotopic (exact) mass is 467 g/mol. The maximum Gasteiger partial charge on any atom is 0.293 e. The van der Waals surface area contributed by atoms with E-state index in [1.165, 1.54) is 18.6 Å². The fourth-order valence-electron chi connectivity index (χ4n) is 4.21. The van der Waals surface area contributed by atoms with Crippen LogP contribution in [0.3, 0.4) is 0 Å². The molecule has 9 heteroatoms. The number of aryl methyl sites for hydroxylation is 1. The maximum atomic E-state index is 12.9. The summed E-state index contributed by atoms with van der Waals surface area (Å²) in [5.41, 5.74) is 2.95. The first-order chi connectivity index (χ1) is 16.2. The quantitative estimate of drug-likeness (QED) is 0.474. The molecule has 34 heavy (non-hydrogen) atoms. The molecule has 2 amide bonds. The Morgan fingerprint density at radius 2 is 1.74 bits per heavy atom. The van der Waals surface area contributed by atoms with Gasteiger partial charge in [0, 0.05) is 51.3 Å². The summed E-state index contributed by atoms with van der Waals surface area (Å²) in [6, 6.07) is 12.9. The molecule has 9 nitrogen and oxygen atoms in total. The molecule has 0 aromatic heterocycles. The number of nitrogens with zero attached hydrogens (tertiary/aromatic N) is 4. The molecule has 3 rings (SSSR count). The summed E-state index contributed by atoms with van der Waals surface area (Å²) in [7, 11) is 3.91. The average Bonchev–Trinajstić information content (AvgIpc) is 2.83. The Balaban J connectivity index is 1.72. The van der Waals surface area contributed by atoms with Gasteiger partial charge in [0.1, 0.15) is 5.69 Å². The molecule has 1 unspecified atom stereocenters. The minimum absolute atomic E-state index is 0.00139. The average molecular weight is 468 g/mol. The number of anilines is 1. The van der Waals surface area contributed by atoms with Crippen LogP contribution in [0.2, 0.25) is 0 Å². The van der Waals surface area contributed by atoms with Crippen molar-refractivity contribution in [3.8, 4) is 0 Å². The van der Waals surface area contributed by atoms with Gasteiger partial charge in [-0.25, -0.2) is 0 Å². The highest BCUT2D eigenvalue weighted by atomic mass is 16.6. The number of carbonyl (C=O) groups excluding carboxylic acids is 2. The van der Waals surface area contributed by atoms with Crippen molar-refractivity contribution in [2.75, 3.05) is 51.7 Å². The lowest BCUT2D eigenvalue weighted by Gasteiger charge is -2.35. The lowest BCUT2D eigenvalue weighted by molar-refractivity contribution is -0.384. The molecule has 1 saturated heterocycles. The van der Waals surface area contributed by atoms with Gasteiger partial charge < -0.3 is 20.0 Å². The van der Waals surface area contributed by atoms with Crippen molar-refractivity contribution in [2.24, 2.45) is 0 Å². The highest BCUT2D eigenvalue weighted by Gasteiger charge is 2.26. The predicted molar refractivity (Wildman–Crippen MR) is 132 cm³/mol. The topological polar surface area (TPSA) is 99.0 Å². The van der Waals surface area contributed by atoms with Gasteiger partial charge in [0.2, 0.25) is 5.91 Å². The van der Waals surface area contributed by atoms with Gasteiger partial charge in [-0.2, -0.15) is 0 Å². The van der Waals surface area contributed by atoms with Crippen molar-refractivity contribution in [1.82, 2.24) is 15.1 Å². The zero-order chi connectivity index (χ0) is 24.8. The lowest BCUT2D eigenvalue weighted by Crippen LogP contribution is -2.48. The Labute approximate surface area is 200 Å². The molecular formula is C25H33N5O4. The van der Waals surface area contributed by atoms with E-state index in [-0.39, 0.29) is 29.1 Å². The first-order valence-corrected chi connectivity index (χ1v) is 11.5. The number of nitrogens with one attached hydrogen (secondary N) is 1. The zero-order valence-corrected chi connectivity index (χ0v) is 20.3. The number of hydrogen-bond acceptors (Lipinski definition) is 6. The normalized spacial score (nSPS) is 14.7. The molecule has 1 aliphatic heterocycles. The summed E-state index contributed by atoms with van der Waals surface area (Å²) in [5.74, 6) is -0.355. The van der Waals surface area contributed by atoms with Gasteiger partial charge in [0.25, 0.3) is 11.6 Å². The minimum atomic E-state index is -0.457. The Hall–Kier alpha value is -3.46. The maximum absolute atomic E-state index is 12.9. The third-order valence-corrected chi connectivity index (χ3v) is 6.35. The van der Waals surface area contributed by atoms with E-state index in [0.717, 1.165) is 12.0 Å². The van der Waals surface area contributed by atoms with Crippen LogP contribution in [0, 0.1) is 10.1 Å². The number of rotatable bonds is 8. The standard InChI is InChI=1S/C25H33N5O4/c1-5-19-6-8-20(9-7-19)24(27(3)4)17-26-25(32)21-10-11-22(23(16-21)30(33)34)29-14-12-28(13-15-29)18(2)31/h6-11,16,24H,5,12-15,17H2,1-4H3,(H,26,32). The van der Waals surface area contributed by atoms with Crippen LogP contribution >= 0.6 is 0 Å². The molecule has 182 valence electrons. The molecule has 0 saturated carbocycles. The van der Waals surface area contributed by atoms with E-state index in [1.807, 2.05) is 23.9 Å². The van der Waals surface area contributed by atoms with Gasteiger partial charge >= 0.3 is 0 Å². The molecule has 1 aliphatic rings. The third kappa shape index (κ3) is 5.91. The van der Waals surface area contributed by atoms with Crippen molar-refractivity contribution < 1.29 is 14.5 Å². The second kappa shape index (κ2) is 11.1. The molecule has 1 heterocycles. The van der Waals surface area contributed by atoms with Crippen LogP contribution in [0.5, 0.6) is 0 Å². The molecule has 0 bridgehead atoms. The minimum Gasteiger partial charge on any atom is -0.362 e. The molecule has 0 aliphatic carbocycles. The van der Waals surface area contributed by atoms with Gasteiger partial charge in [0.05, 0.1) is 11.0 Å². The van der Waals surface area contributed by atoms with Gasteiger partial charge in [-0.3, -0.25) is 19.7 Å². The van der Waals surface area contributed by atoms with Crippen molar-refractivity contribution in [2.45, 2.75) is 26.3 Å². The summed E-state index contributed by atoms with van der Waals surface area (Å²) in [6.45, 7) is 6.04. The van der Waals surface area contributed by atoms with E-state index < -0.39 is 4.92 Å². The van der Waals surface area contributed by atoms with Crippen molar-refractivity contribution in [1.29, 1.82) is 0 Å². The fourth-order valence-corrected chi connectivity index (χ4v) is 4.21. The third-order valence-electron chi connectivity index (χ3n) is 6.35. The molecule has 0 radical (unpaired) electrons. The molecule has 0 spiro atoms. The molecule has 1 N–H and O–H groups in total. The SMILES string of the molecule is CCc1ccc(C(CNC(=O)c2ccc(N3CCN(C(C)=O)CC3)c([N+](=O)[O-])c2)N(C)C)cc1. The fraction of sp³-hybridized carbons (Fsp3) is 0.440. The first kappa shape index (κ1) is 25.2. The van der Waals surface area contributed by atoms with Gasteiger partial charge in [0.15, 0.2) is 0 Å². The first-order valence-electron chi connectivity index (χ1n) is 11.5. The lowest BCUT2D eigenvalue weighted by atomic mass is 10.0. The van der Waals surface area contributed by atoms with Crippen LogP contribution < -0.4 is 10.2 Å². The van der Waals surface area contributed by atoms with E-state index in [1.54, 1.807) is 17.0 Å². The Kier molecular flexibility index (Phi) is 8.22. The van der Waals surface area contributed by atoms with E-state index in [2.05, 4.69) is 36.5 Å². The highest BCUT2D eigenvalue weighted by Crippen LogP contribution is 2.30. The number of benzene rings is 2. The van der Waals surface area contributed by atoms with Gasteiger partial charge in [-0.05, 0) is 43.8 Å². The van der Waals surface area contributed by atoms with Gasteiger partial charge in [-0.1, -0.05) is 31.2 Å². The Morgan fingerprint density at radius 1 is 1.09 bits per heavy atom. The second-order valence-electron chi connectivity index (χ2n) is 8.74. The van der Waals surface area contributed by atoms with Crippen LogP contribution in [-0.2, 0) is 11.2 Å². The number of nitro benzene ring substituents is 1. The number of piperazine rings is 1. The van der Waals surface area contributed by atoms with E-state index in [0.29, 0.717) is 38.4 Å². The zero-order valence-electron chi connectivity index (χ0n) is 20.3. The van der Waals surface area contributed by atoms with Crippen LogP contribution in [0.15, 0.2) is 42.5 Å². The van der Waals surface area contributed by atoms with Gasteiger partial charge in [-0.15, -0.1) is 0 Å². The number of carbonyl (C=O) groups is 2. The summed E-state index contributed by atoms with van der Waals surface area (Å²) in [6.07, 6.45) is 0.963. The molecule has 2 aromatic carbocycles. The van der Waals surface area contributed by atoms with Crippen molar-refractivity contribution >= 4 is 23.2 Å². The highest BCUT2D eigenvalue weighted by molar-refractivity contribution is 5.95. The summed E-state index contributed by atoms with van der Waals surface area (Å²) >= 11 is 0. The summed E-state index contributed by atoms with van der Waals surface area (Å²) in [5, 5.41) is 14.7. The number of amides is 2. The number of hydrogen-bond donors (Lipinski definition) is 1. The van der Waals surface area contributed by atoms with E-state index >= 15 is 0 Å². The predicted octanol–water partition coefficient (Wildman–Crippen LogP) is 2.86. The van der Waals surface area contributed by atoms with E-state index in [4.69, 9.17) is 0 Å². The number of nitro groups is 1. The summed E-state index contributed by atoms with van der Waals surface area (Å²) < 4.78 is 0. The molecular weight excluding hydrogens is 434 g/mol. The molecule has 1 atom stereocenters. The number of likely N-dealkylation sites (N-methyl/N-ethyl adjacent to an activating group) is 1. The van der Waals surface area contributed by atoms with Crippen molar-refractivity contribution in [3.05, 3.63) is 69.3 Å². The Morgan fingerprint density at radius 3 is 2.26 bits per heavy atom. The largest absolute Gasteiger partial charge is 0.362 e. The van der Waals surface area contributed by atoms with Crippen LogP contribution in [0.25, 0.3) is 0 Å². The molecule has 2 aromatic rings. The smallest absolute Gasteiger partial charge is 0.293 e. The van der Waals surface area contributed by atoms with Crippen LogP contribution in [-0.4, -0.2) is 73.4 Å². The van der Waals surface area contributed by atoms with Crippen LogP contribution in [0.1, 0.15) is 41.4 Å². The van der Waals surface area contributed by atoms with Crippen LogP contribution in [0.4, 0.5) is 11.4 Å².